The van der Waals surface area contributed by atoms with E-state index in [0.29, 0.717) is 23.4 Å². The molecule has 0 aliphatic rings. The molecule has 1 aromatic carbocycles. The van der Waals surface area contributed by atoms with Gasteiger partial charge in [-0.2, -0.15) is 0 Å². The Bertz CT molecular complexity index is 382. The molecule has 96 valence electrons. The first-order chi connectivity index (χ1) is 7.84. The van der Waals surface area contributed by atoms with Crippen molar-refractivity contribution in [1.82, 2.24) is 0 Å². The molecule has 0 bridgehead atoms. The highest BCUT2D eigenvalue weighted by Gasteiger charge is 2.21. The molecule has 4 heteroatoms. The molecule has 0 radical (unpaired) electrons. The molecule has 1 rings (SSSR count). The van der Waals surface area contributed by atoms with Crippen LogP contribution >= 0.6 is 11.6 Å². The second kappa shape index (κ2) is 5.80. The third-order valence-corrected chi connectivity index (χ3v) is 3.03. The first-order valence-corrected chi connectivity index (χ1v) is 5.96. The monoisotopic (exact) mass is 259 g/mol. The normalized spacial score (nSPS) is 13.8. The van der Waals surface area contributed by atoms with Gasteiger partial charge in [0.15, 0.2) is 0 Å². The molecular weight excluding hydrogens is 241 g/mol. The van der Waals surface area contributed by atoms with Crippen LogP contribution in [0.15, 0.2) is 18.2 Å². The molecule has 17 heavy (non-hydrogen) atoms. The molecule has 1 atom stereocenters. The lowest BCUT2D eigenvalue weighted by Crippen LogP contribution is -2.35. The Labute approximate surface area is 107 Å². The van der Waals surface area contributed by atoms with E-state index in [1.165, 1.54) is 12.1 Å². The summed E-state index contributed by atoms with van der Waals surface area (Å²) in [6.45, 7) is 3.92. The molecule has 0 aromatic heterocycles. The molecule has 0 aliphatic carbocycles. The highest BCUT2D eigenvalue weighted by Crippen LogP contribution is 2.20. The van der Waals surface area contributed by atoms with Crippen molar-refractivity contribution in [1.29, 1.82) is 0 Å². The van der Waals surface area contributed by atoms with Gasteiger partial charge in [0.1, 0.15) is 5.82 Å². The van der Waals surface area contributed by atoms with Gasteiger partial charge in [-0.05, 0) is 50.5 Å². The molecule has 1 unspecified atom stereocenters. The minimum absolute atomic E-state index is 0.155. The van der Waals surface area contributed by atoms with E-state index in [9.17, 15) is 4.39 Å². The van der Waals surface area contributed by atoms with Gasteiger partial charge in [-0.15, -0.1) is 0 Å². The van der Waals surface area contributed by atoms with Crippen molar-refractivity contribution in [3.63, 3.8) is 0 Å². The van der Waals surface area contributed by atoms with Crippen LogP contribution in [0.2, 0.25) is 5.02 Å². The third kappa shape index (κ3) is 4.62. The van der Waals surface area contributed by atoms with E-state index < -0.39 is 0 Å². The number of benzene rings is 1. The summed E-state index contributed by atoms with van der Waals surface area (Å²) in [5, 5.41) is 0.527. The maximum absolute atomic E-state index is 13.5. The van der Waals surface area contributed by atoms with Crippen LogP contribution < -0.4 is 5.73 Å². The topological polar surface area (TPSA) is 35.2 Å². The molecule has 0 amide bonds. The molecule has 1 aromatic rings. The van der Waals surface area contributed by atoms with Crippen LogP contribution in [0.1, 0.15) is 25.8 Å². The van der Waals surface area contributed by atoms with Gasteiger partial charge in [-0.25, -0.2) is 4.39 Å². The summed E-state index contributed by atoms with van der Waals surface area (Å²) >= 11 is 5.83. The van der Waals surface area contributed by atoms with Crippen LogP contribution in [0.3, 0.4) is 0 Å². The second-order valence-corrected chi connectivity index (χ2v) is 5.30. The van der Waals surface area contributed by atoms with Crippen molar-refractivity contribution < 1.29 is 9.13 Å². The van der Waals surface area contributed by atoms with Crippen molar-refractivity contribution in [2.45, 2.75) is 38.3 Å². The van der Waals surface area contributed by atoms with Gasteiger partial charge >= 0.3 is 0 Å². The molecule has 0 aliphatic heterocycles. The number of nitrogens with two attached hydrogens (primary N) is 1. The highest BCUT2D eigenvalue weighted by molar-refractivity contribution is 6.30. The van der Waals surface area contributed by atoms with Crippen LogP contribution in [0.5, 0.6) is 0 Å². The van der Waals surface area contributed by atoms with E-state index in [1.54, 1.807) is 13.2 Å². The molecule has 0 heterocycles. The smallest absolute Gasteiger partial charge is 0.126 e. The molecule has 0 saturated heterocycles. The summed E-state index contributed by atoms with van der Waals surface area (Å²) in [4.78, 5) is 0. The zero-order valence-electron chi connectivity index (χ0n) is 10.5. The van der Waals surface area contributed by atoms with Gasteiger partial charge in [0, 0.05) is 18.2 Å². The first-order valence-electron chi connectivity index (χ1n) is 5.59. The number of hydrogen-bond acceptors (Lipinski definition) is 2. The lowest BCUT2D eigenvalue weighted by Gasteiger charge is -2.26. The lowest BCUT2D eigenvalue weighted by atomic mass is 9.94. The standard InChI is InChI=1S/C13H19ClFNO/c1-13(2,17-3)8-11(16)7-9-6-10(14)4-5-12(9)15/h4-6,11H,7-8,16H2,1-3H3. The number of halogens is 2. The lowest BCUT2D eigenvalue weighted by molar-refractivity contribution is 0.0101. The van der Waals surface area contributed by atoms with Gasteiger partial charge < -0.3 is 10.5 Å². The molecule has 0 fully saturated rings. The Balaban J connectivity index is 2.68. The fraction of sp³-hybridized carbons (Fsp3) is 0.538. The summed E-state index contributed by atoms with van der Waals surface area (Å²) in [5.41, 5.74) is 6.25. The van der Waals surface area contributed by atoms with E-state index in [-0.39, 0.29) is 17.5 Å². The maximum Gasteiger partial charge on any atom is 0.126 e. The zero-order valence-corrected chi connectivity index (χ0v) is 11.2. The Morgan fingerprint density at radius 2 is 2.12 bits per heavy atom. The predicted molar refractivity (Wildman–Crippen MR) is 68.8 cm³/mol. The molecule has 2 N–H and O–H groups in total. The second-order valence-electron chi connectivity index (χ2n) is 4.87. The molecular formula is C13H19ClFNO. The summed E-state index contributed by atoms with van der Waals surface area (Å²) in [6, 6.07) is 4.37. The maximum atomic E-state index is 13.5. The van der Waals surface area contributed by atoms with Gasteiger partial charge in [0.05, 0.1) is 5.60 Å². The van der Waals surface area contributed by atoms with Crippen molar-refractivity contribution >= 4 is 11.6 Å². The van der Waals surface area contributed by atoms with Gasteiger partial charge in [-0.3, -0.25) is 0 Å². The average molecular weight is 260 g/mol. The van der Waals surface area contributed by atoms with Crippen molar-refractivity contribution in [3.8, 4) is 0 Å². The van der Waals surface area contributed by atoms with Crippen molar-refractivity contribution in [2.24, 2.45) is 5.73 Å². The summed E-state index contributed by atoms with van der Waals surface area (Å²) in [7, 11) is 1.65. The Morgan fingerprint density at radius 3 is 2.71 bits per heavy atom. The summed E-state index contributed by atoms with van der Waals surface area (Å²) in [5.74, 6) is -0.264. The van der Waals surface area contributed by atoms with Gasteiger partial charge in [0.2, 0.25) is 0 Å². The Morgan fingerprint density at radius 1 is 1.47 bits per heavy atom. The van der Waals surface area contributed by atoms with E-state index >= 15 is 0 Å². The van der Waals surface area contributed by atoms with Crippen LogP contribution in [-0.2, 0) is 11.2 Å². The SMILES string of the molecule is COC(C)(C)CC(N)Cc1cc(Cl)ccc1F. The Kier molecular flexibility index (Phi) is 4.92. The molecule has 2 nitrogen and oxygen atoms in total. The fourth-order valence-corrected chi connectivity index (χ4v) is 1.96. The first kappa shape index (κ1) is 14.4. The van der Waals surface area contributed by atoms with E-state index in [0.717, 1.165) is 0 Å². The van der Waals surface area contributed by atoms with Gasteiger partial charge in [-0.1, -0.05) is 11.6 Å². The minimum atomic E-state index is -0.297. The van der Waals surface area contributed by atoms with Crippen LogP contribution in [0, 0.1) is 5.82 Å². The van der Waals surface area contributed by atoms with Gasteiger partial charge in [0.25, 0.3) is 0 Å². The van der Waals surface area contributed by atoms with Crippen molar-refractivity contribution in [3.05, 3.63) is 34.6 Å². The fourth-order valence-electron chi connectivity index (χ4n) is 1.77. The van der Waals surface area contributed by atoms with Crippen LogP contribution in [-0.4, -0.2) is 18.8 Å². The average Bonchev–Trinajstić information content (AvgIpc) is 2.23. The number of methoxy groups -OCH3 is 1. The van der Waals surface area contributed by atoms with Crippen LogP contribution in [0.25, 0.3) is 0 Å². The van der Waals surface area contributed by atoms with E-state index in [2.05, 4.69) is 0 Å². The Hall–Kier alpha value is -0.640. The number of rotatable bonds is 5. The van der Waals surface area contributed by atoms with Crippen molar-refractivity contribution in [2.75, 3.05) is 7.11 Å². The zero-order chi connectivity index (χ0) is 13.1. The number of ether oxygens (including phenoxy) is 1. The van der Waals surface area contributed by atoms with E-state index in [1.807, 2.05) is 13.8 Å². The summed E-state index contributed by atoms with van der Waals surface area (Å²) < 4.78 is 18.8. The quantitative estimate of drug-likeness (QED) is 0.882. The summed E-state index contributed by atoms with van der Waals surface area (Å²) in [6.07, 6.45) is 1.12. The molecule has 0 saturated carbocycles. The largest absolute Gasteiger partial charge is 0.379 e. The minimum Gasteiger partial charge on any atom is -0.379 e. The van der Waals surface area contributed by atoms with E-state index in [4.69, 9.17) is 22.1 Å². The predicted octanol–water partition coefficient (Wildman–Crippen LogP) is 3.16. The number of hydrogen-bond donors (Lipinski definition) is 1. The molecule has 0 spiro atoms. The highest BCUT2D eigenvalue weighted by atomic mass is 35.5. The third-order valence-electron chi connectivity index (χ3n) is 2.80. The van der Waals surface area contributed by atoms with Crippen LogP contribution in [0.4, 0.5) is 4.39 Å².